The quantitative estimate of drug-likeness (QED) is 0.277. The van der Waals surface area contributed by atoms with E-state index in [0.717, 1.165) is 50.8 Å². The lowest BCUT2D eigenvalue weighted by atomic mass is 9.83. The van der Waals surface area contributed by atoms with E-state index in [2.05, 4.69) is 76.2 Å². The van der Waals surface area contributed by atoms with Gasteiger partial charge in [-0.05, 0) is 99.8 Å². The van der Waals surface area contributed by atoms with E-state index in [-0.39, 0.29) is 5.91 Å². The minimum atomic E-state index is -0.419. The highest BCUT2D eigenvalue weighted by Crippen LogP contribution is 2.32. The van der Waals surface area contributed by atoms with E-state index in [1.165, 1.54) is 93.8 Å². The summed E-state index contributed by atoms with van der Waals surface area (Å²) in [5.74, 6) is 2.67. The number of thiol groups is 1. The number of amides is 1. The van der Waals surface area contributed by atoms with E-state index in [4.69, 9.17) is 4.99 Å². The highest BCUT2D eigenvalue weighted by Gasteiger charge is 2.45. The summed E-state index contributed by atoms with van der Waals surface area (Å²) in [7, 11) is 0. The van der Waals surface area contributed by atoms with Gasteiger partial charge in [0.15, 0.2) is 0 Å². The van der Waals surface area contributed by atoms with Gasteiger partial charge in [0, 0.05) is 36.1 Å². The molecule has 1 aromatic heterocycles. The summed E-state index contributed by atoms with van der Waals surface area (Å²) >= 11 is 4.21. The maximum atomic E-state index is 12.2. The normalized spacial score (nSPS) is 21.2. The minimum absolute atomic E-state index is 0.152. The van der Waals surface area contributed by atoms with Crippen molar-refractivity contribution in [1.82, 2.24) is 20.1 Å². The molecule has 6 nitrogen and oxygen atoms in total. The van der Waals surface area contributed by atoms with Gasteiger partial charge in [0.05, 0.1) is 0 Å². The van der Waals surface area contributed by atoms with E-state index in [0.29, 0.717) is 5.92 Å². The number of fused-ring (bicyclic) bond motifs is 1. The van der Waals surface area contributed by atoms with Gasteiger partial charge in [-0.15, -0.1) is 0 Å². The van der Waals surface area contributed by atoms with Gasteiger partial charge in [-0.2, -0.15) is 12.6 Å². The van der Waals surface area contributed by atoms with Crippen LogP contribution in [0, 0.1) is 11.8 Å². The number of nitrogens with one attached hydrogen (secondary N) is 2. The number of rotatable bonds is 10. The Labute approximate surface area is 252 Å². The molecular formula is C34H51N5OS. The SMILES string of the molecule is CCCN(CCC1CCC1)CCn1ccc2c(/C=C/S)cccc21.O=C1NC(C2CCCCC2)=NC12CCNCC2. The number of amidine groups is 1. The van der Waals surface area contributed by atoms with Gasteiger partial charge < -0.3 is 20.1 Å². The first-order valence-corrected chi connectivity index (χ1v) is 16.9. The van der Waals surface area contributed by atoms with Crippen LogP contribution in [-0.4, -0.2) is 59.5 Å². The third kappa shape index (κ3) is 7.66. The lowest BCUT2D eigenvalue weighted by Gasteiger charge is -2.29. The van der Waals surface area contributed by atoms with E-state index in [9.17, 15) is 4.79 Å². The Morgan fingerprint density at radius 2 is 1.85 bits per heavy atom. The molecule has 2 aromatic rings. The number of benzene rings is 1. The molecule has 1 amide bonds. The zero-order valence-electron chi connectivity index (χ0n) is 25.1. The summed E-state index contributed by atoms with van der Waals surface area (Å²) in [6.07, 6.45) is 19.3. The van der Waals surface area contributed by atoms with Crippen LogP contribution in [0.3, 0.4) is 0 Å². The van der Waals surface area contributed by atoms with Gasteiger partial charge >= 0.3 is 0 Å². The van der Waals surface area contributed by atoms with Crippen LogP contribution in [0.2, 0.25) is 0 Å². The Morgan fingerprint density at radius 3 is 2.56 bits per heavy atom. The molecule has 6 rings (SSSR count). The maximum absolute atomic E-state index is 12.2. The van der Waals surface area contributed by atoms with Crippen LogP contribution in [0.4, 0.5) is 0 Å². The molecule has 0 atom stereocenters. The van der Waals surface area contributed by atoms with Crippen LogP contribution >= 0.6 is 12.6 Å². The molecular weight excluding hydrogens is 526 g/mol. The predicted molar refractivity (Wildman–Crippen MR) is 176 cm³/mol. The van der Waals surface area contributed by atoms with Gasteiger partial charge in [0.25, 0.3) is 5.91 Å². The van der Waals surface area contributed by atoms with E-state index in [1.54, 1.807) is 0 Å². The van der Waals surface area contributed by atoms with Crippen molar-refractivity contribution in [2.45, 2.75) is 96.1 Å². The van der Waals surface area contributed by atoms with Crippen LogP contribution in [0.25, 0.3) is 17.0 Å². The van der Waals surface area contributed by atoms with Gasteiger partial charge in [-0.3, -0.25) is 9.79 Å². The van der Waals surface area contributed by atoms with Gasteiger partial charge in [0.1, 0.15) is 11.4 Å². The van der Waals surface area contributed by atoms with Crippen molar-refractivity contribution in [3.8, 4) is 0 Å². The van der Waals surface area contributed by atoms with Crippen LogP contribution in [0.15, 0.2) is 40.9 Å². The molecule has 0 bridgehead atoms. The number of hydrogen-bond acceptors (Lipinski definition) is 5. The number of carbonyl (C=O) groups is 1. The third-order valence-electron chi connectivity index (χ3n) is 9.80. The summed E-state index contributed by atoms with van der Waals surface area (Å²) in [5.41, 5.74) is 2.16. The number of aromatic nitrogens is 1. The van der Waals surface area contributed by atoms with Crippen LogP contribution in [0.1, 0.15) is 89.5 Å². The van der Waals surface area contributed by atoms with Crippen molar-refractivity contribution in [3.63, 3.8) is 0 Å². The van der Waals surface area contributed by atoms with Gasteiger partial charge in [0.2, 0.25) is 0 Å². The first-order valence-electron chi connectivity index (χ1n) is 16.3. The van der Waals surface area contributed by atoms with Crippen molar-refractivity contribution >= 4 is 41.4 Å². The first kappa shape index (κ1) is 30.4. The standard InChI is InChI=1S/C21H30N2S.C13H21N3O/c1-2-12-22(13-9-18-5-3-6-18)15-16-23-14-10-20-19(11-17-24)7-4-8-21(20)23;17-12-13(6-8-14-9-7-13)16-11(15-12)10-4-2-1-3-5-10/h4,7-8,10-11,14,17-18,24H,2-3,5-6,9,12-13,15-16H2,1H3;10,14H,1-9H2,(H,15,16,17)/b17-11+;. The van der Waals surface area contributed by atoms with E-state index in [1.807, 2.05) is 5.41 Å². The molecule has 2 aliphatic carbocycles. The van der Waals surface area contributed by atoms with Crippen LogP contribution < -0.4 is 10.6 Å². The maximum Gasteiger partial charge on any atom is 0.253 e. The number of carbonyl (C=O) groups excluding carboxylic acids is 1. The van der Waals surface area contributed by atoms with Crippen molar-refractivity contribution in [2.75, 3.05) is 32.7 Å². The third-order valence-corrected chi connectivity index (χ3v) is 9.95. The molecule has 1 aromatic carbocycles. The van der Waals surface area contributed by atoms with Crippen molar-refractivity contribution in [1.29, 1.82) is 0 Å². The van der Waals surface area contributed by atoms with Crippen LogP contribution in [-0.2, 0) is 11.3 Å². The summed E-state index contributed by atoms with van der Waals surface area (Å²) < 4.78 is 2.40. The summed E-state index contributed by atoms with van der Waals surface area (Å²) in [6, 6.07) is 8.75. The highest BCUT2D eigenvalue weighted by atomic mass is 32.1. The molecule has 3 heterocycles. The first-order chi connectivity index (χ1) is 20.1. The molecule has 2 N–H and O–H groups in total. The molecule has 1 saturated heterocycles. The Kier molecular flexibility index (Phi) is 11.0. The Balaban J connectivity index is 0.000000174. The largest absolute Gasteiger partial charge is 0.346 e. The van der Waals surface area contributed by atoms with E-state index >= 15 is 0 Å². The molecule has 0 unspecified atom stereocenters. The highest BCUT2D eigenvalue weighted by molar-refractivity contribution is 7.83. The molecule has 41 heavy (non-hydrogen) atoms. The lowest BCUT2D eigenvalue weighted by molar-refractivity contribution is -0.124. The molecule has 3 fully saturated rings. The second kappa shape index (κ2) is 14.9. The number of aliphatic imine (C=N–C) groups is 1. The smallest absolute Gasteiger partial charge is 0.253 e. The summed E-state index contributed by atoms with van der Waals surface area (Å²) in [4.78, 5) is 19.6. The summed E-state index contributed by atoms with van der Waals surface area (Å²) in [5, 5.41) is 9.50. The lowest BCUT2D eigenvalue weighted by Crippen LogP contribution is -2.47. The van der Waals surface area contributed by atoms with Crippen molar-refractivity contribution in [3.05, 3.63) is 41.4 Å². The molecule has 2 saturated carbocycles. The fourth-order valence-electron chi connectivity index (χ4n) is 7.01. The average molecular weight is 578 g/mol. The zero-order valence-corrected chi connectivity index (χ0v) is 26.0. The molecule has 1 spiro atoms. The van der Waals surface area contributed by atoms with Crippen LogP contribution in [0.5, 0.6) is 0 Å². The number of nitrogens with zero attached hydrogens (tertiary/aromatic N) is 3. The Bertz CT molecular complexity index is 1190. The number of hydrogen-bond donors (Lipinski definition) is 3. The molecule has 0 radical (unpaired) electrons. The van der Waals surface area contributed by atoms with Gasteiger partial charge in [-0.1, -0.05) is 57.6 Å². The zero-order chi connectivity index (χ0) is 28.5. The van der Waals surface area contributed by atoms with Crippen molar-refractivity contribution < 1.29 is 4.79 Å². The fraction of sp³-hybridized carbons (Fsp3) is 0.647. The molecule has 224 valence electrons. The predicted octanol–water partition coefficient (Wildman–Crippen LogP) is 6.66. The fourth-order valence-corrected chi connectivity index (χ4v) is 7.17. The minimum Gasteiger partial charge on any atom is -0.346 e. The average Bonchev–Trinajstić information content (AvgIpc) is 3.53. The monoisotopic (exact) mass is 577 g/mol. The second-order valence-electron chi connectivity index (χ2n) is 12.6. The molecule has 4 aliphatic rings. The summed E-state index contributed by atoms with van der Waals surface area (Å²) in [6.45, 7) is 8.82. The Hall–Kier alpha value is -2.09. The Morgan fingerprint density at radius 1 is 1.05 bits per heavy atom. The molecule has 7 heteroatoms. The topological polar surface area (TPSA) is 61.7 Å². The van der Waals surface area contributed by atoms with E-state index < -0.39 is 5.54 Å². The van der Waals surface area contributed by atoms with Gasteiger partial charge in [-0.25, -0.2) is 0 Å². The number of piperidine rings is 1. The molecule has 2 aliphatic heterocycles. The second-order valence-corrected chi connectivity index (χ2v) is 12.9. The van der Waals surface area contributed by atoms with Crippen molar-refractivity contribution in [2.24, 2.45) is 16.8 Å².